The van der Waals surface area contributed by atoms with Crippen molar-refractivity contribution in [1.82, 2.24) is 15.3 Å². The minimum absolute atomic E-state index is 0.356. The Morgan fingerprint density at radius 1 is 1.03 bits per heavy atom. The van der Waals surface area contributed by atoms with E-state index in [1.165, 1.54) is 0 Å². The molecule has 1 aromatic heterocycles. The van der Waals surface area contributed by atoms with Gasteiger partial charge in [0, 0.05) is 44.1 Å². The molecule has 1 aromatic carbocycles. The second-order valence-electron chi connectivity index (χ2n) is 7.78. The molecule has 8 nitrogen and oxygen atoms in total. The summed E-state index contributed by atoms with van der Waals surface area (Å²) >= 11 is 5.51. The normalized spacial score (nSPS) is 20.2. The fourth-order valence-electron chi connectivity index (χ4n) is 3.71. The summed E-state index contributed by atoms with van der Waals surface area (Å²) in [4.78, 5) is 10.9. The number of thiocarbonyl (C=S) groups is 1. The quantitative estimate of drug-likeness (QED) is 0.622. The number of hydrogen-bond acceptors (Lipinski definition) is 7. The van der Waals surface area contributed by atoms with E-state index >= 15 is 0 Å². The third-order valence-corrected chi connectivity index (χ3v) is 5.51. The van der Waals surface area contributed by atoms with E-state index in [1.807, 2.05) is 43.3 Å². The van der Waals surface area contributed by atoms with Gasteiger partial charge in [0.25, 0.3) is 0 Å². The third-order valence-electron chi connectivity index (χ3n) is 5.29. The molecule has 3 N–H and O–H groups in total. The van der Waals surface area contributed by atoms with Gasteiger partial charge in [0.05, 0.1) is 0 Å². The molecule has 0 radical (unpaired) electrons. The van der Waals surface area contributed by atoms with Crippen LogP contribution < -0.4 is 30.3 Å². The van der Waals surface area contributed by atoms with Crippen molar-refractivity contribution in [3.05, 3.63) is 30.5 Å². The van der Waals surface area contributed by atoms with Crippen LogP contribution >= 0.6 is 12.2 Å². The van der Waals surface area contributed by atoms with Crippen molar-refractivity contribution in [3.8, 4) is 11.5 Å². The molecule has 0 bridgehead atoms. The van der Waals surface area contributed by atoms with Crippen LogP contribution in [0.5, 0.6) is 11.5 Å². The second-order valence-corrected chi connectivity index (χ2v) is 8.19. The summed E-state index contributed by atoms with van der Waals surface area (Å²) in [6, 6.07) is 8.41. The van der Waals surface area contributed by atoms with Gasteiger partial charge in [0.2, 0.25) is 5.95 Å². The standard InChI is InChI=1S/C21H28N6O2S/c1-27(2)19-9-10-22-20(26-19)23-14-3-5-15(6-4-14)24-21(30)25-16-7-8-17-18(13-16)29-12-11-28-17/h7-10,13-15H,3-6,11-12H2,1-2H3,(H,22,23,26)(H2,24,25,30)/t14-,15+. The van der Waals surface area contributed by atoms with Gasteiger partial charge in [-0.1, -0.05) is 0 Å². The van der Waals surface area contributed by atoms with E-state index in [9.17, 15) is 0 Å². The van der Waals surface area contributed by atoms with Crippen LogP contribution in [-0.4, -0.2) is 54.5 Å². The van der Waals surface area contributed by atoms with Crippen molar-refractivity contribution >= 4 is 34.8 Å². The van der Waals surface area contributed by atoms with Gasteiger partial charge in [-0.2, -0.15) is 4.98 Å². The maximum atomic E-state index is 5.63. The molecule has 0 spiro atoms. The summed E-state index contributed by atoms with van der Waals surface area (Å²) in [5, 5.41) is 10.8. The van der Waals surface area contributed by atoms with Crippen LogP contribution in [0.15, 0.2) is 30.5 Å². The number of anilines is 3. The van der Waals surface area contributed by atoms with Gasteiger partial charge in [0.1, 0.15) is 19.0 Å². The maximum Gasteiger partial charge on any atom is 0.224 e. The molecule has 2 aromatic rings. The van der Waals surface area contributed by atoms with E-state index in [2.05, 4.69) is 25.9 Å². The van der Waals surface area contributed by atoms with Crippen LogP contribution in [-0.2, 0) is 0 Å². The topological polar surface area (TPSA) is 83.6 Å². The summed E-state index contributed by atoms with van der Waals surface area (Å²) in [6.45, 7) is 1.16. The largest absolute Gasteiger partial charge is 0.486 e. The molecule has 0 unspecified atom stereocenters. The highest BCUT2D eigenvalue weighted by Gasteiger charge is 2.22. The zero-order valence-corrected chi connectivity index (χ0v) is 18.2. The number of hydrogen-bond donors (Lipinski definition) is 3. The van der Waals surface area contributed by atoms with Gasteiger partial charge in [0.15, 0.2) is 16.6 Å². The molecule has 30 heavy (non-hydrogen) atoms. The highest BCUT2D eigenvalue weighted by Crippen LogP contribution is 2.32. The lowest BCUT2D eigenvalue weighted by Crippen LogP contribution is -2.42. The smallest absolute Gasteiger partial charge is 0.224 e. The highest BCUT2D eigenvalue weighted by atomic mass is 32.1. The molecule has 160 valence electrons. The van der Waals surface area contributed by atoms with Crippen molar-refractivity contribution in [3.63, 3.8) is 0 Å². The fourth-order valence-corrected chi connectivity index (χ4v) is 3.99. The number of nitrogens with one attached hydrogen (secondary N) is 3. The Morgan fingerprint density at radius 3 is 2.53 bits per heavy atom. The molecule has 1 fully saturated rings. The summed E-state index contributed by atoms with van der Waals surface area (Å²) in [7, 11) is 3.95. The van der Waals surface area contributed by atoms with E-state index in [0.29, 0.717) is 36.4 Å². The van der Waals surface area contributed by atoms with E-state index in [-0.39, 0.29) is 0 Å². The van der Waals surface area contributed by atoms with E-state index in [4.69, 9.17) is 21.7 Å². The number of aromatic nitrogens is 2. The fraction of sp³-hybridized carbons (Fsp3) is 0.476. The molecular weight excluding hydrogens is 400 g/mol. The highest BCUT2D eigenvalue weighted by molar-refractivity contribution is 7.80. The third kappa shape index (κ3) is 5.21. The second kappa shape index (κ2) is 9.34. The van der Waals surface area contributed by atoms with Crippen LogP contribution in [0.2, 0.25) is 0 Å². The summed E-state index contributed by atoms with van der Waals surface area (Å²) in [5.41, 5.74) is 0.894. The minimum atomic E-state index is 0.356. The van der Waals surface area contributed by atoms with Crippen molar-refractivity contribution in [2.24, 2.45) is 0 Å². The van der Waals surface area contributed by atoms with Gasteiger partial charge in [-0.25, -0.2) is 4.98 Å². The Balaban J connectivity index is 1.23. The summed E-state index contributed by atoms with van der Waals surface area (Å²) in [5.74, 6) is 3.12. The van der Waals surface area contributed by atoms with Gasteiger partial charge in [-0.05, 0) is 56.1 Å². The molecule has 2 aliphatic rings. The number of rotatable bonds is 5. The average Bonchev–Trinajstić information content (AvgIpc) is 2.75. The van der Waals surface area contributed by atoms with Crippen LogP contribution in [0.25, 0.3) is 0 Å². The summed E-state index contributed by atoms with van der Waals surface area (Å²) in [6.07, 6.45) is 5.95. The number of ether oxygens (including phenoxy) is 2. The molecule has 9 heteroatoms. The molecule has 4 rings (SSSR count). The Morgan fingerprint density at radius 2 is 1.77 bits per heavy atom. The lowest BCUT2D eigenvalue weighted by Gasteiger charge is -2.30. The Hall–Kier alpha value is -2.81. The molecule has 0 atom stereocenters. The number of benzene rings is 1. The first-order valence-electron chi connectivity index (χ1n) is 10.3. The monoisotopic (exact) mass is 428 g/mol. The van der Waals surface area contributed by atoms with Crippen LogP contribution in [0.1, 0.15) is 25.7 Å². The molecule has 0 saturated heterocycles. The zero-order valence-electron chi connectivity index (χ0n) is 17.4. The van der Waals surface area contributed by atoms with Crippen molar-refractivity contribution < 1.29 is 9.47 Å². The minimum Gasteiger partial charge on any atom is -0.486 e. The van der Waals surface area contributed by atoms with E-state index < -0.39 is 0 Å². The SMILES string of the molecule is CN(C)c1ccnc(N[C@H]2CC[C@@H](NC(=S)Nc3ccc4c(c3)OCCO4)CC2)n1. The lowest BCUT2D eigenvalue weighted by atomic mass is 9.91. The molecule has 1 aliphatic heterocycles. The predicted octanol–water partition coefficient (Wildman–Crippen LogP) is 3.02. The van der Waals surface area contributed by atoms with Crippen molar-refractivity contribution in [1.29, 1.82) is 0 Å². The molecule has 1 aliphatic carbocycles. The Kier molecular flexibility index (Phi) is 6.37. The Bertz CT molecular complexity index is 886. The van der Waals surface area contributed by atoms with Gasteiger partial charge < -0.3 is 30.3 Å². The number of fused-ring (bicyclic) bond motifs is 1. The molecular formula is C21H28N6O2S. The van der Waals surface area contributed by atoms with Crippen molar-refractivity contribution in [2.75, 3.05) is 42.8 Å². The van der Waals surface area contributed by atoms with E-state index in [1.54, 1.807) is 6.20 Å². The number of nitrogens with zero attached hydrogens (tertiary/aromatic N) is 3. The zero-order chi connectivity index (χ0) is 20.9. The average molecular weight is 429 g/mol. The first kappa shape index (κ1) is 20.5. The summed E-state index contributed by atoms with van der Waals surface area (Å²) < 4.78 is 11.2. The maximum absolute atomic E-state index is 5.63. The van der Waals surface area contributed by atoms with Crippen LogP contribution in [0, 0.1) is 0 Å². The van der Waals surface area contributed by atoms with Crippen LogP contribution in [0.3, 0.4) is 0 Å². The van der Waals surface area contributed by atoms with Gasteiger partial charge >= 0.3 is 0 Å². The Labute approximate surface area is 182 Å². The van der Waals surface area contributed by atoms with Gasteiger partial charge in [-0.15, -0.1) is 0 Å². The molecule has 1 saturated carbocycles. The first-order chi connectivity index (χ1) is 14.6. The predicted molar refractivity (Wildman–Crippen MR) is 123 cm³/mol. The molecule has 2 heterocycles. The van der Waals surface area contributed by atoms with E-state index in [0.717, 1.165) is 48.7 Å². The molecule has 0 amide bonds. The van der Waals surface area contributed by atoms with Crippen LogP contribution in [0.4, 0.5) is 17.5 Å². The lowest BCUT2D eigenvalue weighted by molar-refractivity contribution is 0.171. The van der Waals surface area contributed by atoms with Crippen molar-refractivity contribution in [2.45, 2.75) is 37.8 Å². The van der Waals surface area contributed by atoms with Gasteiger partial charge in [-0.3, -0.25) is 0 Å². The first-order valence-corrected chi connectivity index (χ1v) is 10.7.